The van der Waals surface area contributed by atoms with Crippen LogP contribution in [0.25, 0.3) is 0 Å². The lowest BCUT2D eigenvalue weighted by Crippen LogP contribution is -2.85. The fourth-order valence-corrected chi connectivity index (χ4v) is 3.69. The van der Waals surface area contributed by atoms with Gasteiger partial charge in [0.25, 0.3) is 0 Å². The largest absolute Gasteiger partial charge is 0.444 e. The van der Waals surface area contributed by atoms with Gasteiger partial charge in [-0.3, -0.25) is 4.79 Å². The van der Waals surface area contributed by atoms with E-state index in [1.807, 2.05) is 25.7 Å². The third-order valence-electron chi connectivity index (χ3n) is 4.33. The molecule has 0 aromatic carbocycles. The van der Waals surface area contributed by atoms with Gasteiger partial charge in [0.1, 0.15) is 12.2 Å². The Hall–Kier alpha value is -1.30. The summed E-state index contributed by atoms with van der Waals surface area (Å²) in [5.74, 6) is 0.0711. The minimum absolute atomic E-state index is 0.0319. The van der Waals surface area contributed by atoms with Gasteiger partial charge in [-0.1, -0.05) is 0 Å². The molecule has 0 unspecified atom stereocenters. The first-order valence-corrected chi connectivity index (χ1v) is 7.13. The smallest absolute Gasteiger partial charge is 0.408 e. The third kappa shape index (κ3) is 2.16. The molecule has 4 rings (SSSR count). The number of alkyl carbamates (subject to hydrolysis) is 1. The number of carbonyl (C=O) groups excluding carboxylic acids is 2. The van der Waals surface area contributed by atoms with E-state index < -0.39 is 5.60 Å². The SMILES string of the molecule is CC(C)(C)OC(=O)NC12CC(N3CCOCC3=O)(C1)C2. The second-order valence-corrected chi connectivity index (χ2v) is 7.26. The zero-order valence-corrected chi connectivity index (χ0v) is 12.3. The van der Waals surface area contributed by atoms with E-state index in [0.29, 0.717) is 13.2 Å². The Morgan fingerprint density at radius 3 is 2.55 bits per heavy atom. The van der Waals surface area contributed by atoms with E-state index in [2.05, 4.69) is 5.32 Å². The van der Waals surface area contributed by atoms with Gasteiger partial charge in [-0.2, -0.15) is 0 Å². The Bertz CT molecular complexity index is 435. The number of ether oxygens (including phenoxy) is 2. The lowest BCUT2D eigenvalue weighted by Gasteiger charge is -2.73. The van der Waals surface area contributed by atoms with Crippen LogP contribution >= 0.6 is 0 Å². The van der Waals surface area contributed by atoms with Crippen LogP contribution in [0.5, 0.6) is 0 Å². The Kier molecular flexibility index (Phi) is 2.80. The Balaban J connectivity index is 1.53. The van der Waals surface area contributed by atoms with Gasteiger partial charge in [0, 0.05) is 12.1 Å². The lowest BCUT2D eigenvalue weighted by molar-refractivity contribution is -0.201. The molecule has 1 N–H and O–H groups in total. The normalized spacial score (nSPS) is 36.0. The molecule has 6 nitrogen and oxygen atoms in total. The molecule has 4 aliphatic rings. The minimum Gasteiger partial charge on any atom is -0.444 e. The summed E-state index contributed by atoms with van der Waals surface area (Å²) < 4.78 is 10.4. The van der Waals surface area contributed by atoms with E-state index in [4.69, 9.17) is 9.47 Å². The Morgan fingerprint density at radius 2 is 2.00 bits per heavy atom. The van der Waals surface area contributed by atoms with E-state index >= 15 is 0 Å². The van der Waals surface area contributed by atoms with Crippen LogP contribution in [-0.2, 0) is 14.3 Å². The highest BCUT2D eigenvalue weighted by Crippen LogP contribution is 2.63. The van der Waals surface area contributed by atoms with Crippen LogP contribution in [0.2, 0.25) is 0 Å². The van der Waals surface area contributed by atoms with Gasteiger partial charge in [0.15, 0.2) is 0 Å². The number of hydrogen-bond acceptors (Lipinski definition) is 4. The highest BCUT2D eigenvalue weighted by atomic mass is 16.6. The third-order valence-corrected chi connectivity index (χ3v) is 4.33. The molecule has 0 atom stereocenters. The highest BCUT2D eigenvalue weighted by molar-refractivity contribution is 5.80. The zero-order chi connectivity index (χ0) is 14.6. The second kappa shape index (κ2) is 4.10. The van der Waals surface area contributed by atoms with Crippen molar-refractivity contribution in [1.29, 1.82) is 0 Å². The molecule has 20 heavy (non-hydrogen) atoms. The summed E-state index contributed by atoms with van der Waals surface area (Å²) in [5.41, 5.74) is -0.664. The molecule has 0 spiro atoms. The van der Waals surface area contributed by atoms with Crippen molar-refractivity contribution in [2.75, 3.05) is 19.8 Å². The van der Waals surface area contributed by atoms with Crippen molar-refractivity contribution in [2.45, 2.75) is 56.7 Å². The highest BCUT2D eigenvalue weighted by Gasteiger charge is 2.72. The van der Waals surface area contributed by atoms with E-state index in [0.717, 1.165) is 19.3 Å². The number of nitrogens with zero attached hydrogens (tertiary/aromatic N) is 1. The van der Waals surface area contributed by atoms with E-state index in [9.17, 15) is 9.59 Å². The van der Waals surface area contributed by atoms with E-state index in [1.54, 1.807) is 0 Å². The van der Waals surface area contributed by atoms with Gasteiger partial charge >= 0.3 is 6.09 Å². The predicted octanol–water partition coefficient (Wildman–Crippen LogP) is 1.04. The fraction of sp³-hybridized carbons (Fsp3) is 0.857. The van der Waals surface area contributed by atoms with Crippen molar-refractivity contribution in [3.8, 4) is 0 Å². The summed E-state index contributed by atoms with van der Waals surface area (Å²) >= 11 is 0. The van der Waals surface area contributed by atoms with Gasteiger partial charge in [-0.25, -0.2) is 4.79 Å². The number of nitrogens with one attached hydrogen (secondary N) is 1. The molecule has 112 valence electrons. The molecule has 3 aliphatic carbocycles. The molecule has 2 amide bonds. The minimum atomic E-state index is -0.481. The topological polar surface area (TPSA) is 67.9 Å². The van der Waals surface area contributed by atoms with E-state index in [1.165, 1.54) is 0 Å². The molecular formula is C14H22N2O4. The standard InChI is InChI=1S/C14H22N2O4/c1-12(2,3)20-11(18)15-13-7-14(8-13,9-13)16-4-5-19-6-10(16)17/h4-9H2,1-3H3,(H,15,18). The molecule has 0 radical (unpaired) electrons. The molecular weight excluding hydrogens is 260 g/mol. The van der Waals surface area contributed by atoms with Crippen molar-refractivity contribution in [3.05, 3.63) is 0 Å². The molecule has 0 aromatic heterocycles. The summed E-state index contributed by atoms with van der Waals surface area (Å²) in [7, 11) is 0. The molecule has 4 fully saturated rings. The number of morpholine rings is 1. The Morgan fingerprint density at radius 1 is 1.35 bits per heavy atom. The summed E-state index contributed by atoms with van der Waals surface area (Å²) in [6.45, 7) is 7.02. The lowest BCUT2D eigenvalue weighted by atomic mass is 9.43. The average molecular weight is 282 g/mol. The average Bonchev–Trinajstić information content (AvgIpc) is 2.20. The molecule has 1 heterocycles. The van der Waals surface area contributed by atoms with Gasteiger partial charge in [0.2, 0.25) is 5.91 Å². The van der Waals surface area contributed by atoms with Gasteiger partial charge in [0.05, 0.1) is 12.1 Å². The monoisotopic (exact) mass is 282 g/mol. The van der Waals surface area contributed by atoms with E-state index in [-0.39, 0.29) is 29.7 Å². The van der Waals surface area contributed by atoms with Crippen LogP contribution in [0.1, 0.15) is 40.0 Å². The van der Waals surface area contributed by atoms with Gasteiger partial charge < -0.3 is 19.7 Å². The molecule has 6 heteroatoms. The first-order chi connectivity index (χ1) is 9.24. The van der Waals surface area contributed by atoms with Crippen molar-refractivity contribution < 1.29 is 19.1 Å². The maximum Gasteiger partial charge on any atom is 0.408 e. The zero-order valence-electron chi connectivity index (χ0n) is 12.3. The number of amides is 2. The molecule has 1 saturated heterocycles. The maximum atomic E-state index is 11.9. The number of rotatable bonds is 2. The summed E-state index contributed by atoms with van der Waals surface area (Å²) in [5, 5.41) is 2.96. The van der Waals surface area contributed by atoms with Crippen LogP contribution in [-0.4, -0.2) is 53.3 Å². The summed E-state index contributed by atoms with van der Waals surface area (Å²) in [6, 6.07) is 0. The van der Waals surface area contributed by atoms with Crippen molar-refractivity contribution in [1.82, 2.24) is 10.2 Å². The number of carbonyl (C=O) groups is 2. The maximum absolute atomic E-state index is 11.9. The van der Waals surface area contributed by atoms with Crippen molar-refractivity contribution in [3.63, 3.8) is 0 Å². The van der Waals surface area contributed by atoms with Crippen LogP contribution in [0.4, 0.5) is 4.79 Å². The van der Waals surface area contributed by atoms with Gasteiger partial charge in [-0.15, -0.1) is 0 Å². The first-order valence-electron chi connectivity index (χ1n) is 7.13. The number of hydrogen-bond donors (Lipinski definition) is 1. The van der Waals surface area contributed by atoms with Gasteiger partial charge in [-0.05, 0) is 40.0 Å². The first kappa shape index (κ1) is 13.7. The molecule has 3 saturated carbocycles. The summed E-state index contributed by atoms with van der Waals surface area (Å²) in [4.78, 5) is 25.6. The quantitative estimate of drug-likeness (QED) is 0.822. The van der Waals surface area contributed by atoms with Crippen molar-refractivity contribution in [2.24, 2.45) is 0 Å². The molecule has 1 aliphatic heterocycles. The van der Waals surface area contributed by atoms with Crippen LogP contribution < -0.4 is 5.32 Å². The fourth-order valence-electron chi connectivity index (χ4n) is 3.69. The van der Waals surface area contributed by atoms with Crippen LogP contribution in [0.15, 0.2) is 0 Å². The predicted molar refractivity (Wildman–Crippen MR) is 71.2 cm³/mol. The summed E-state index contributed by atoms with van der Waals surface area (Å²) in [6.07, 6.45) is 2.15. The molecule has 2 bridgehead atoms. The van der Waals surface area contributed by atoms with Crippen molar-refractivity contribution >= 4 is 12.0 Å². The molecule has 0 aromatic rings. The van der Waals surface area contributed by atoms with Crippen LogP contribution in [0.3, 0.4) is 0 Å². The Labute approximate surface area is 118 Å². The van der Waals surface area contributed by atoms with Crippen LogP contribution in [0, 0.1) is 0 Å². The second-order valence-electron chi connectivity index (χ2n) is 7.26.